The topological polar surface area (TPSA) is 42.9 Å². The highest BCUT2D eigenvalue weighted by atomic mass is 127. The molecule has 2 saturated heterocycles. The lowest BCUT2D eigenvalue weighted by atomic mass is 9.99. The number of nitrogens with one attached hydrogen (secondary N) is 2. The maximum atomic E-state index is 12.5. The Morgan fingerprint density at radius 3 is 2.37 bits per heavy atom. The summed E-state index contributed by atoms with van der Waals surface area (Å²) in [7, 11) is 1.70. The van der Waals surface area contributed by atoms with Crippen molar-refractivity contribution in [2.75, 3.05) is 52.9 Å². The van der Waals surface area contributed by atoms with Crippen LogP contribution in [0.5, 0.6) is 0 Å². The van der Waals surface area contributed by atoms with Gasteiger partial charge in [-0.15, -0.1) is 24.0 Å². The molecule has 0 aromatic heterocycles. The van der Waals surface area contributed by atoms with Crippen LogP contribution in [0.1, 0.15) is 39.0 Å². The van der Waals surface area contributed by atoms with E-state index in [0.29, 0.717) is 25.5 Å². The molecule has 2 aliphatic heterocycles. The van der Waals surface area contributed by atoms with E-state index in [1.165, 1.54) is 30.8 Å². The van der Waals surface area contributed by atoms with E-state index in [1.807, 2.05) is 0 Å². The number of rotatable bonds is 7. The zero-order valence-electron chi connectivity index (χ0n) is 16.5. The number of aliphatic imine (C=N–C) groups is 1. The van der Waals surface area contributed by atoms with Gasteiger partial charge < -0.3 is 15.5 Å². The van der Waals surface area contributed by atoms with Crippen molar-refractivity contribution in [3.8, 4) is 0 Å². The van der Waals surface area contributed by atoms with Gasteiger partial charge in [0.15, 0.2) is 5.96 Å². The van der Waals surface area contributed by atoms with Crippen LogP contribution in [-0.4, -0.2) is 80.8 Å². The molecular weight excluding hydrogens is 470 g/mol. The Morgan fingerprint density at radius 2 is 1.74 bits per heavy atom. The fourth-order valence-electron chi connectivity index (χ4n) is 3.69. The molecule has 2 heterocycles. The molecule has 5 nitrogen and oxygen atoms in total. The molecule has 27 heavy (non-hydrogen) atoms. The largest absolute Gasteiger partial charge is 0.401 e. The summed E-state index contributed by atoms with van der Waals surface area (Å²) in [5.74, 6) is 1.56. The number of halogens is 4. The molecule has 1 unspecified atom stereocenters. The van der Waals surface area contributed by atoms with Crippen LogP contribution >= 0.6 is 24.0 Å². The highest BCUT2D eigenvalue weighted by Crippen LogP contribution is 2.20. The molecule has 160 valence electrons. The molecular formula is C18H35F3IN5. The molecule has 2 aliphatic rings. The predicted octanol–water partition coefficient (Wildman–Crippen LogP) is 2.92. The van der Waals surface area contributed by atoms with E-state index in [0.717, 1.165) is 31.8 Å². The van der Waals surface area contributed by atoms with Gasteiger partial charge in [-0.3, -0.25) is 9.89 Å². The lowest BCUT2D eigenvalue weighted by molar-refractivity contribution is -0.143. The van der Waals surface area contributed by atoms with Crippen molar-refractivity contribution >= 4 is 29.9 Å². The molecule has 2 rings (SSSR count). The second kappa shape index (κ2) is 12.3. The summed E-state index contributed by atoms with van der Waals surface area (Å²) >= 11 is 0. The van der Waals surface area contributed by atoms with Gasteiger partial charge in [0.25, 0.3) is 0 Å². The van der Waals surface area contributed by atoms with Crippen molar-refractivity contribution in [2.24, 2.45) is 10.9 Å². The number of likely N-dealkylation sites (tertiary alicyclic amines) is 2. The first-order chi connectivity index (χ1) is 12.4. The predicted molar refractivity (Wildman–Crippen MR) is 115 cm³/mol. The van der Waals surface area contributed by atoms with Gasteiger partial charge in [-0.1, -0.05) is 6.92 Å². The number of unbranched alkanes of at least 4 members (excludes halogenated alkanes) is 1. The lowest BCUT2D eigenvalue weighted by Crippen LogP contribution is -2.45. The minimum atomic E-state index is -4.12. The maximum Gasteiger partial charge on any atom is 0.401 e. The standard InChI is InChI=1S/C18H34F3N5.HI/c1-15-5-10-25(11-6-15)9-4-3-8-23-17(22-2)24-16-7-12-26(13-16)14-18(19,20)21;/h15-16H,3-14H2,1-2H3,(H2,22,23,24);1H. The highest BCUT2D eigenvalue weighted by Gasteiger charge is 2.34. The first-order valence-electron chi connectivity index (χ1n) is 9.84. The number of nitrogens with zero attached hydrogens (tertiary/aromatic N) is 3. The molecule has 0 radical (unpaired) electrons. The molecule has 0 amide bonds. The summed E-state index contributed by atoms with van der Waals surface area (Å²) in [6.07, 6.45) is 1.42. The van der Waals surface area contributed by atoms with Crippen LogP contribution in [0.2, 0.25) is 0 Å². The average Bonchev–Trinajstić information content (AvgIpc) is 3.00. The molecule has 0 aromatic carbocycles. The average molecular weight is 505 g/mol. The summed E-state index contributed by atoms with van der Waals surface area (Å²) in [5, 5.41) is 6.53. The second-order valence-electron chi connectivity index (χ2n) is 7.71. The Morgan fingerprint density at radius 1 is 1.07 bits per heavy atom. The normalized spacial score (nSPS) is 23.3. The van der Waals surface area contributed by atoms with Gasteiger partial charge in [0, 0.05) is 32.7 Å². The van der Waals surface area contributed by atoms with Crippen LogP contribution in [0.15, 0.2) is 4.99 Å². The lowest BCUT2D eigenvalue weighted by Gasteiger charge is -2.30. The van der Waals surface area contributed by atoms with E-state index < -0.39 is 12.7 Å². The minimum absolute atomic E-state index is 0. The summed E-state index contributed by atoms with van der Waals surface area (Å²) < 4.78 is 37.4. The van der Waals surface area contributed by atoms with Crippen molar-refractivity contribution in [3.63, 3.8) is 0 Å². The van der Waals surface area contributed by atoms with E-state index in [4.69, 9.17) is 0 Å². The Kier molecular flexibility index (Phi) is 11.3. The molecule has 2 N–H and O–H groups in total. The van der Waals surface area contributed by atoms with E-state index in [1.54, 1.807) is 7.05 Å². The van der Waals surface area contributed by atoms with Crippen molar-refractivity contribution in [1.82, 2.24) is 20.4 Å². The fraction of sp³-hybridized carbons (Fsp3) is 0.944. The van der Waals surface area contributed by atoms with Crippen LogP contribution < -0.4 is 10.6 Å². The summed E-state index contributed by atoms with van der Waals surface area (Å²) in [6, 6.07) is 0.0267. The van der Waals surface area contributed by atoms with Crippen LogP contribution in [-0.2, 0) is 0 Å². The smallest absolute Gasteiger partial charge is 0.356 e. The van der Waals surface area contributed by atoms with Gasteiger partial charge in [-0.05, 0) is 57.7 Å². The third kappa shape index (κ3) is 10.2. The third-order valence-electron chi connectivity index (χ3n) is 5.31. The van der Waals surface area contributed by atoms with Crippen LogP contribution in [0.3, 0.4) is 0 Å². The molecule has 0 saturated carbocycles. The second-order valence-corrected chi connectivity index (χ2v) is 7.71. The number of hydrogen-bond acceptors (Lipinski definition) is 3. The fourth-order valence-corrected chi connectivity index (χ4v) is 3.69. The number of guanidine groups is 1. The van der Waals surface area contributed by atoms with Crippen LogP contribution in [0.25, 0.3) is 0 Å². The number of alkyl halides is 3. The van der Waals surface area contributed by atoms with Crippen molar-refractivity contribution < 1.29 is 13.2 Å². The van der Waals surface area contributed by atoms with Gasteiger partial charge >= 0.3 is 6.18 Å². The first kappa shape index (κ1) is 24.7. The van der Waals surface area contributed by atoms with E-state index in [2.05, 4.69) is 27.4 Å². The molecule has 0 aromatic rings. The highest BCUT2D eigenvalue weighted by molar-refractivity contribution is 14.0. The molecule has 9 heteroatoms. The summed E-state index contributed by atoms with van der Waals surface area (Å²) in [6.45, 7) is 6.80. The Labute approximate surface area is 178 Å². The van der Waals surface area contributed by atoms with Gasteiger partial charge in [-0.25, -0.2) is 0 Å². The Hall–Kier alpha value is -0.290. The van der Waals surface area contributed by atoms with Gasteiger partial charge in [-0.2, -0.15) is 13.2 Å². The first-order valence-corrected chi connectivity index (χ1v) is 9.84. The SMILES string of the molecule is CN=C(NCCCCN1CCC(C)CC1)NC1CCN(CC(F)(F)F)C1.I. The third-order valence-corrected chi connectivity index (χ3v) is 5.31. The van der Waals surface area contributed by atoms with Crippen LogP contribution in [0.4, 0.5) is 13.2 Å². The van der Waals surface area contributed by atoms with Crippen LogP contribution in [0, 0.1) is 5.92 Å². The molecule has 0 bridgehead atoms. The van der Waals surface area contributed by atoms with Crippen molar-refractivity contribution in [3.05, 3.63) is 0 Å². The quantitative estimate of drug-likeness (QED) is 0.242. The number of piperidine rings is 1. The molecule has 0 spiro atoms. The number of hydrogen-bond donors (Lipinski definition) is 2. The van der Waals surface area contributed by atoms with E-state index in [9.17, 15) is 13.2 Å². The zero-order chi connectivity index (χ0) is 19.0. The van der Waals surface area contributed by atoms with Crippen molar-refractivity contribution in [2.45, 2.75) is 51.2 Å². The Balaban J connectivity index is 0.00000364. The van der Waals surface area contributed by atoms with Gasteiger partial charge in [0.1, 0.15) is 0 Å². The van der Waals surface area contributed by atoms with Gasteiger partial charge in [0.2, 0.25) is 0 Å². The van der Waals surface area contributed by atoms with E-state index in [-0.39, 0.29) is 30.0 Å². The van der Waals surface area contributed by atoms with E-state index >= 15 is 0 Å². The zero-order valence-corrected chi connectivity index (χ0v) is 18.9. The van der Waals surface area contributed by atoms with Crippen molar-refractivity contribution in [1.29, 1.82) is 0 Å². The summed E-state index contributed by atoms with van der Waals surface area (Å²) in [4.78, 5) is 8.18. The maximum absolute atomic E-state index is 12.5. The Bertz CT molecular complexity index is 439. The van der Waals surface area contributed by atoms with Gasteiger partial charge in [0.05, 0.1) is 6.54 Å². The summed E-state index contributed by atoms with van der Waals surface area (Å²) in [5.41, 5.74) is 0. The monoisotopic (exact) mass is 505 g/mol. The minimum Gasteiger partial charge on any atom is -0.356 e. The molecule has 1 atom stereocenters. The molecule has 2 fully saturated rings. The molecule has 0 aliphatic carbocycles.